The molecule has 0 aromatic heterocycles. The van der Waals surface area contributed by atoms with E-state index in [1.165, 1.54) is 25.7 Å². The van der Waals surface area contributed by atoms with Crippen LogP contribution >= 0.6 is 11.6 Å². The summed E-state index contributed by atoms with van der Waals surface area (Å²) in [6.07, 6.45) is 8.96. The molecular formula is C12H23ClO3. The number of hydrogen-bond acceptors (Lipinski definition) is 3. The van der Waals surface area contributed by atoms with Gasteiger partial charge >= 0.3 is 5.97 Å². The number of esters is 1. The quantitative estimate of drug-likeness (QED) is 0.348. The lowest BCUT2D eigenvalue weighted by atomic mass is 10.1. The molecule has 0 aromatic carbocycles. The predicted octanol–water partition coefficient (Wildman–Crippen LogP) is 2.88. The maximum Gasteiger partial charge on any atom is 0.320 e. The SMILES string of the molecule is O=C(CCl)OCCCCCCCCCCO. The summed E-state index contributed by atoms with van der Waals surface area (Å²) >= 11 is 5.28. The molecule has 0 aliphatic carbocycles. The Morgan fingerprint density at radius 1 is 0.938 bits per heavy atom. The summed E-state index contributed by atoms with van der Waals surface area (Å²) in [4.78, 5) is 10.7. The van der Waals surface area contributed by atoms with Crippen molar-refractivity contribution in [2.45, 2.75) is 51.4 Å². The molecule has 1 N–H and O–H groups in total. The smallest absolute Gasteiger partial charge is 0.320 e. The highest BCUT2D eigenvalue weighted by molar-refractivity contribution is 6.26. The van der Waals surface area contributed by atoms with Crippen molar-refractivity contribution in [3.8, 4) is 0 Å². The average molecular weight is 251 g/mol. The fourth-order valence-electron chi connectivity index (χ4n) is 1.50. The summed E-state index contributed by atoms with van der Waals surface area (Å²) in [6, 6.07) is 0. The van der Waals surface area contributed by atoms with Gasteiger partial charge in [-0.05, 0) is 12.8 Å². The second kappa shape index (κ2) is 12.8. The Hall–Kier alpha value is -0.280. The number of hydrogen-bond donors (Lipinski definition) is 1. The second-order valence-corrected chi connectivity index (χ2v) is 4.17. The molecule has 0 heterocycles. The minimum absolute atomic E-state index is 0.0507. The first-order valence-corrected chi connectivity index (χ1v) is 6.67. The van der Waals surface area contributed by atoms with Crippen molar-refractivity contribution >= 4 is 17.6 Å². The van der Waals surface area contributed by atoms with Crippen LogP contribution in [-0.4, -0.2) is 30.2 Å². The van der Waals surface area contributed by atoms with Gasteiger partial charge < -0.3 is 9.84 Å². The molecule has 3 nitrogen and oxygen atoms in total. The normalized spacial score (nSPS) is 10.4. The van der Waals surface area contributed by atoms with Crippen molar-refractivity contribution in [3.63, 3.8) is 0 Å². The Bertz CT molecular complexity index is 162. The number of aliphatic hydroxyl groups is 1. The number of alkyl halides is 1. The van der Waals surface area contributed by atoms with Crippen LogP contribution in [0.4, 0.5) is 0 Å². The van der Waals surface area contributed by atoms with Gasteiger partial charge in [0.2, 0.25) is 0 Å². The summed E-state index contributed by atoms with van der Waals surface area (Å²) in [5.74, 6) is -0.379. The summed E-state index contributed by atoms with van der Waals surface area (Å²) < 4.78 is 4.85. The van der Waals surface area contributed by atoms with Crippen molar-refractivity contribution in [3.05, 3.63) is 0 Å². The van der Waals surface area contributed by atoms with Crippen molar-refractivity contribution in [1.82, 2.24) is 0 Å². The van der Waals surface area contributed by atoms with Gasteiger partial charge in [0.05, 0.1) is 6.61 Å². The largest absolute Gasteiger partial charge is 0.465 e. The van der Waals surface area contributed by atoms with Gasteiger partial charge in [-0.2, -0.15) is 0 Å². The zero-order valence-electron chi connectivity index (χ0n) is 9.92. The van der Waals surface area contributed by atoms with Gasteiger partial charge in [-0.1, -0.05) is 38.5 Å². The molecule has 0 aliphatic rings. The number of ether oxygens (including phenoxy) is 1. The number of halogens is 1. The predicted molar refractivity (Wildman–Crippen MR) is 65.7 cm³/mol. The van der Waals surface area contributed by atoms with Crippen LogP contribution in [0.2, 0.25) is 0 Å². The molecule has 0 radical (unpaired) electrons. The Morgan fingerprint density at radius 2 is 1.44 bits per heavy atom. The second-order valence-electron chi connectivity index (χ2n) is 3.91. The van der Waals surface area contributed by atoms with Crippen LogP contribution < -0.4 is 0 Å². The molecular weight excluding hydrogens is 228 g/mol. The highest BCUT2D eigenvalue weighted by Crippen LogP contribution is 2.08. The lowest BCUT2D eigenvalue weighted by molar-refractivity contribution is -0.140. The first kappa shape index (κ1) is 15.7. The van der Waals surface area contributed by atoms with E-state index in [1.807, 2.05) is 0 Å². The highest BCUT2D eigenvalue weighted by Gasteiger charge is 1.98. The number of unbranched alkanes of at least 4 members (excludes halogenated alkanes) is 7. The first-order chi connectivity index (χ1) is 7.81. The molecule has 0 saturated heterocycles. The molecule has 0 bridgehead atoms. The van der Waals surface area contributed by atoms with E-state index in [2.05, 4.69) is 0 Å². The van der Waals surface area contributed by atoms with Gasteiger partial charge in [0.1, 0.15) is 5.88 Å². The third-order valence-corrected chi connectivity index (χ3v) is 2.64. The number of rotatable bonds is 11. The Labute approximate surface area is 103 Å². The van der Waals surface area contributed by atoms with E-state index in [1.54, 1.807) is 0 Å². The monoisotopic (exact) mass is 250 g/mol. The van der Waals surface area contributed by atoms with Crippen LogP contribution in [0.3, 0.4) is 0 Å². The Kier molecular flexibility index (Phi) is 12.6. The molecule has 0 spiro atoms. The van der Waals surface area contributed by atoms with E-state index in [0.717, 1.165) is 25.7 Å². The van der Waals surface area contributed by atoms with E-state index in [-0.39, 0.29) is 11.8 Å². The van der Waals surface area contributed by atoms with Gasteiger partial charge in [-0.25, -0.2) is 0 Å². The Balaban J connectivity index is 2.96. The maximum absolute atomic E-state index is 10.7. The summed E-state index contributed by atoms with van der Waals surface area (Å²) in [5, 5.41) is 8.58. The number of carbonyl (C=O) groups excluding carboxylic acids is 1. The summed E-state index contributed by atoms with van der Waals surface area (Å²) in [7, 11) is 0. The van der Waals surface area contributed by atoms with Crippen LogP contribution in [0.5, 0.6) is 0 Å². The van der Waals surface area contributed by atoms with Crippen LogP contribution in [0.1, 0.15) is 51.4 Å². The minimum Gasteiger partial charge on any atom is -0.465 e. The third-order valence-electron chi connectivity index (χ3n) is 2.42. The summed E-state index contributed by atoms with van der Waals surface area (Å²) in [5.41, 5.74) is 0. The zero-order chi connectivity index (χ0) is 12.1. The Morgan fingerprint density at radius 3 is 1.94 bits per heavy atom. The number of aliphatic hydroxyl groups excluding tert-OH is 1. The minimum atomic E-state index is -0.328. The lowest BCUT2D eigenvalue weighted by Crippen LogP contribution is -2.06. The van der Waals surface area contributed by atoms with Crippen LogP contribution in [0.25, 0.3) is 0 Å². The van der Waals surface area contributed by atoms with E-state index in [0.29, 0.717) is 13.2 Å². The summed E-state index contributed by atoms with van der Waals surface area (Å²) in [6.45, 7) is 0.808. The molecule has 4 heteroatoms. The molecule has 0 aromatic rings. The van der Waals surface area contributed by atoms with Crippen molar-refractivity contribution < 1.29 is 14.6 Å². The molecule has 0 saturated carbocycles. The van der Waals surface area contributed by atoms with Gasteiger partial charge in [0.15, 0.2) is 0 Å². The molecule has 0 aliphatic heterocycles. The van der Waals surface area contributed by atoms with Crippen LogP contribution in [0.15, 0.2) is 0 Å². The van der Waals surface area contributed by atoms with Crippen molar-refractivity contribution in [2.75, 3.05) is 19.1 Å². The molecule has 0 unspecified atom stereocenters. The van der Waals surface area contributed by atoms with E-state index in [4.69, 9.17) is 21.4 Å². The van der Waals surface area contributed by atoms with Crippen LogP contribution in [0, 0.1) is 0 Å². The van der Waals surface area contributed by atoms with E-state index < -0.39 is 0 Å². The lowest BCUT2D eigenvalue weighted by Gasteiger charge is -2.03. The van der Waals surface area contributed by atoms with Gasteiger partial charge in [-0.15, -0.1) is 11.6 Å². The first-order valence-electron chi connectivity index (χ1n) is 6.13. The molecule has 0 fully saturated rings. The molecule has 0 rings (SSSR count). The van der Waals surface area contributed by atoms with Crippen LogP contribution in [-0.2, 0) is 9.53 Å². The molecule has 16 heavy (non-hydrogen) atoms. The maximum atomic E-state index is 10.7. The fraction of sp³-hybridized carbons (Fsp3) is 0.917. The average Bonchev–Trinajstić information content (AvgIpc) is 2.31. The van der Waals surface area contributed by atoms with Crippen molar-refractivity contribution in [2.24, 2.45) is 0 Å². The zero-order valence-corrected chi connectivity index (χ0v) is 10.7. The molecule has 0 atom stereocenters. The fourth-order valence-corrected chi connectivity index (χ4v) is 1.58. The molecule has 0 amide bonds. The standard InChI is InChI=1S/C12H23ClO3/c13-11-12(15)16-10-8-6-4-2-1-3-5-7-9-14/h14H,1-11H2. The van der Waals surface area contributed by atoms with Gasteiger partial charge in [-0.3, -0.25) is 4.79 Å². The third kappa shape index (κ3) is 11.8. The van der Waals surface area contributed by atoms with Gasteiger partial charge in [0.25, 0.3) is 0 Å². The topological polar surface area (TPSA) is 46.5 Å². The van der Waals surface area contributed by atoms with E-state index in [9.17, 15) is 4.79 Å². The molecule has 96 valence electrons. The van der Waals surface area contributed by atoms with Crippen molar-refractivity contribution in [1.29, 1.82) is 0 Å². The van der Waals surface area contributed by atoms with Gasteiger partial charge in [0, 0.05) is 6.61 Å². The number of carbonyl (C=O) groups is 1. The highest BCUT2D eigenvalue weighted by atomic mass is 35.5. The van der Waals surface area contributed by atoms with E-state index >= 15 is 0 Å².